The molecule has 0 saturated carbocycles. The van der Waals surface area contributed by atoms with Crippen LogP contribution in [-0.2, 0) is 11.3 Å². The zero-order valence-electron chi connectivity index (χ0n) is 12.9. The van der Waals surface area contributed by atoms with E-state index in [2.05, 4.69) is 41.8 Å². The summed E-state index contributed by atoms with van der Waals surface area (Å²) in [6.07, 6.45) is 2.62. The highest BCUT2D eigenvalue weighted by Crippen LogP contribution is 2.32. The molecule has 0 radical (unpaired) electrons. The van der Waals surface area contributed by atoms with Gasteiger partial charge in [0.05, 0.1) is 0 Å². The van der Waals surface area contributed by atoms with Crippen molar-refractivity contribution in [2.24, 2.45) is 0 Å². The number of hydrogen-bond donors (Lipinski definition) is 2. The van der Waals surface area contributed by atoms with E-state index in [4.69, 9.17) is 0 Å². The number of nitrogens with one attached hydrogen (secondary N) is 2. The Morgan fingerprint density at radius 1 is 1.18 bits per heavy atom. The Labute approximate surface area is 144 Å². The van der Waals surface area contributed by atoms with E-state index in [1.54, 1.807) is 0 Å². The molecule has 0 atom stereocenters. The molecule has 6 heteroatoms. The molecule has 1 aromatic carbocycles. The minimum atomic E-state index is -0.0771. The van der Waals surface area contributed by atoms with E-state index in [1.165, 1.54) is 11.3 Å². The summed E-state index contributed by atoms with van der Waals surface area (Å²) < 4.78 is 0. The number of hydrogen-bond acceptors (Lipinski definition) is 3. The average Bonchev–Trinajstić information content (AvgIpc) is 2.45. The first-order valence-corrected chi connectivity index (χ1v) is 7.57. The number of halogens is 2. The summed E-state index contributed by atoms with van der Waals surface area (Å²) >= 11 is 0. The molecule has 0 bridgehead atoms. The van der Waals surface area contributed by atoms with Gasteiger partial charge in [0.25, 0.3) is 0 Å². The number of nitrogens with zero attached hydrogens (tertiary/aromatic N) is 1. The molecule has 1 saturated heterocycles. The second-order valence-corrected chi connectivity index (χ2v) is 5.90. The van der Waals surface area contributed by atoms with Crippen LogP contribution in [0.15, 0.2) is 24.3 Å². The van der Waals surface area contributed by atoms with Gasteiger partial charge in [-0.25, -0.2) is 0 Å². The van der Waals surface area contributed by atoms with Crippen molar-refractivity contribution in [2.75, 3.05) is 25.0 Å². The van der Waals surface area contributed by atoms with E-state index in [-0.39, 0.29) is 36.3 Å². The second kappa shape index (κ2) is 8.04. The largest absolute Gasteiger partial charge is 0.379 e. The van der Waals surface area contributed by atoms with Crippen molar-refractivity contribution in [3.8, 4) is 0 Å². The predicted octanol–water partition coefficient (Wildman–Crippen LogP) is 2.82. The first-order chi connectivity index (χ1) is 9.72. The van der Waals surface area contributed by atoms with Crippen LogP contribution in [0, 0.1) is 0 Å². The number of rotatable bonds is 1. The summed E-state index contributed by atoms with van der Waals surface area (Å²) in [5.74, 6) is 0.274. The van der Waals surface area contributed by atoms with Crippen LogP contribution >= 0.6 is 24.8 Å². The SMILES string of the molecule is CCN1Cc2ccccc2NC2(CCNCC2)CC1=O.Cl.Cl. The number of benzene rings is 1. The fourth-order valence-electron chi connectivity index (χ4n) is 3.30. The van der Waals surface area contributed by atoms with E-state index < -0.39 is 0 Å². The molecule has 22 heavy (non-hydrogen) atoms. The molecule has 2 N–H and O–H groups in total. The number of carbonyl (C=O) groups is 1. The Hall–Kier alpha value is -0.970. The molecule has 3 rings (SSSR count). The number of piperidine rings is 1. The third kappa shape index (κ3) is 3.86. The predicted molar refractivity (Wildman–Crippen MR) is 95.1 cm³/mol. The molecule has 0 aromatic heterocycles. The molecule has 1 amide bonds. The third-order valence-corrected chi connectivity index (χ3v) is 4.56. The lowest BCUT2D eigenvalue weighted by atomic mass is 9.83. The molecule has 2 aliphatic rings. The summed E-state index contributed by atoms with van der Waals surface area (Å²) in [5, 5.41) is 7.09. The van der Waals surface area contributed by atoms with Gasteiger partial charge in [0.1, 0.15) is 0 Å². The third-order valence-electron chi connectivity index (χ3n) is 4.56. The van der Waals surface area contributed by atoms with Crippen LogP contribution in [0.25, 0.3) is 0 Å². The fraction of sp³-hybridized carbons (Fsp3) is 0.562. The number of fused-ring (bicyclic) bond motifs is 1. The molecule has 4 nitrogen and oxygen atoms in total. The number of amides is 1. The smallest absolute Gasteiger partial charge is 0.225 e. The quantitative estimate of drug-likeness (QED) is 0.822. The number of para-hydroxylation sites is 1. The van der Waals surface area contributed by atoms with E-state index in [1.807, 2.05) is 4.90 Å². The van der Waals surface area contributed by atoms with Gasteiger partial charge in [0.2, 0.25) is 5.91 Å². The monoisotopic (exact) mass is 345 g/mol. The molecular weight excluding hydrogens is 321 g/mol. The maximum Gasteiger partial charge on any atom is 0.225 e. The van der Waals surface area contributed by atoms with Gasteiger partial charge in [-0.1, -0.05) is 18.2 Å². The molecule has 1 spiro atoms. The van der Waals surface area contributed by atoms with Crippen LogP contribution < -0.4 is 10.6 Å². The number of anilines is 1. The molecule has 124 valence electrons. The van der Waals surface area contributed by atoms with Gasteiger partial charge in [-0.15, -0.1) is 24.8 Å². The van der Waals surface area contributed by atoms with Crippen LogP contribution in [0.1, 0.15) is 31.7 Å². The second-order valence-electron chi connectivity index (χ2n) is 5.90. The average molecular weight is 346 g/mol. The van der Waals surface area contributed by atoms with Crippen LogP contribution in [0.3, 0.4) is 0 Å². The first kappa shape index (κ1) is 19.1. The summed E-state index contributed by atoms with van der Waals surface area (Å²) in [6, 6.07) is 8.39. The highest BCUT2D eigenvalue weighted by Gasteiger charge is 2.37. The van der Waals surface area contributed by atoms with Gasteiger partial charge < -0.3 is 15.5 Å². The van der Waals surface area contributed by atoms with Crippen LogP contribution in [-0.4, -0.2) is 36.0 Å². The van der Waals surface area contributed by atoms with Crippen molar-refractivity contribution < 1.29 is 4.79 Å². The highest BCUT2D eigenvalue weighted by atomic mass is 35.5. The van der Waals surface area contributed by atoms with E-state index in [9.17, 15) is 4.79 Å². The first-order valence-electron chi connectivity index (χ1n) is 7.57. The minimum absolute atomic E-state index is 0. The lowest BCUT2D eigenvalue weighted by Crippen LogP contribution is -2.52. The van der Waals surface area contributed by atoms with Gasteiger partial charge in [0, 0.05) is 30.7 Å². The van der Waals surface area contributed by atoms with Gasteiger partial charge in [-0.05, 0) is 44.5 Å². The topological polar surface area (TPSA) is 44.4 Å². The lowest BCUT2D eigenvalue weighted by molar-refractivity contribution is -0.133. The Morgan fingerprint density at radius 3 is 2.55 bits per heavy atom. The van der Waals surface area contributed by atoms with Crippen molar-refractivity contribution in [1.82, 2.24) is 10.2 Å². The Kier molecular flexibility index (Phi) is 6.98. The summed E-state index contributed by atoms with van der Waals surface area (Å²) in [4.78, 5) is 14.5. The maximum atomic E-state index is 12.5. The Bertz CT molecular complexity index is 504. The van der Waals surface area contributed by atoms with Gasteiger partial charge in [0.15, 0.2) is 0 Å². The maximum absolute atomic E-state index is 12.5. The standard InChI is InChI=1S/C16H23N3O.2ClH/c1-2-19-12-13-5-3-4-6-14(13)18-16(11-15(19)20)7-9-17-10-8-16;;/h3-6,17-18H,2,7-12H2,1H3;2*1H. The molecule has 1 fully saturated rings. The summed E-state index contributed by atoms with van der Waals surface area (Å²) in [6.45, 7) is 5.52. The molecular formula is C16H25Cl2N3O. The normalized spacial score (nSPS) is 19.9. The van der Waals surface area contributed by atoms with Crippen molar-refractivity contribution in [3.05, 3.63) is 29.8 Å². The van der Waals surface area contributed by atoms with Gasteiger partial charge >= 0.3 is 0 Å². The molecule has 0 unspecified atom stereocenters. The molecule has 0 aliphatic carbocycles. The highest BCUT2D eigenvalue weighted by molar-refractivity contribution is 5.85. The van der Waals surface area contributed by atoms with Gasteiger partial charge in [-0.2, -0.15) is 0 Å². The van der Waals surface area contributed by atoms with Crippen LogP contribution in [0.5, 0.6) is 0 Å². The minimum Gasteiger partial charge on any atom is -0.379 e. The zero-order valence-corrected chi connectivity index (χ0v) is 14.6. The van der Waals surface area contributed by atoms with E-state index in [0.717, 1.165) is 32.5 Å². The van der Waals surface area contributed by atoms with Crippen molar-refractivity contribution in [2.45, 2.75) is 38.3 Å². The zero-order chi connectivity index (χ0) is 14.0. The Balaban J connectivity index is 0.00000121. The van der Waals surface area contributed by atoms with Crippen molar-refractivity contribution in [3.63, 3.8) is 0 Å². The van der Waals surface area contributed by atoms with E-state index >= 15 is 0 Å². The molecule has 1 aromatic rings. The van der Waals surface area contributed by atoms with E-state index in [0.29, 0.717) is 13.0 Å². The van der Waals surface area contributed by atoms with Gasteiger partial charge in [-0.3, -0.25) is 4.79 Å². The summed E-state index contributed by atoms with van der Waals surface area (Å²) in [7, 11) is 0. The fourth-order valence-corrected chi connectivity index (χ4v) is 3.30. The Morgan fingerprint density at radius 2 is 1.86 bits per heavy atom. The molecule has 2 aliphatic heterocycles. The van der Waals surface area contributed by atoms with Crippen LogP contribution in [0.4, 0.5) is 5.69 Å². The summed E-state index contributed by atoms with van der Waals surface area (Å²) in [5.41, 5.74) is 2.34. The van der Waals surface area contributed by atoms with Crippen LogP contribution in [0.2, 0.25) is 0 Å². The molecule has 2 heterocycles. The van der Waals surface area contributed by atoms with Crippen molar-refractivity contribution in [1.29, 1.82) is 0 Å². The number of carbonyl (C=O) groups excluding carboxylic acids is 1. The van der Waals surface area contributed by atoms with Crippen molar-refractivity contribution >= 4 is 36.4 Å². The lowest BCUT2D eigenvalue weighted by Gasteiger charge is -2.42.